The lowest BCUT2D eigenvalue weighted by atomic mass is 10.1. The molecule has 0 spiro atoms. The fraction of sp³-hybridized carbons (Fsp3) is 0.808. The van der Waals surface area contributed by atoms with Crippen molar-refractivity contribution in [3.63, 3.8) is 0 Å². The summed E-state index contributed by atoms with van der Waals surface area (Å²) in [7, 11) is 5.45. The Morgan fingerprint density at radius 3 is 2.12 bits per heavy atom. The molecule has 0 aromatic rings. The van der Waals surface area contributed by atoms with Crippen LogP contribution in [0.3, 0.4) is 0 Å². The summed E-state index contributed by atoms with van der Waals surface area (Å²) in [4.78, 5) is 34.8. The maximum Gasteiger partial charge on any atom is 0.362 e. The molecule has 2 unspecified atom stereocenters. The predicted octanol–water partition coefficient (Wildman–Crippen LogP) is 4.50. The highest BCUT2D eigenvalue weighted by Crippen LogP contribution is 2.11. The molecule has 0 aromatic carbocycles. The number of aliphatic carboxylic acids is 1. The Balaban J connectivity index is 4.18. The molecule has 0 aliphatic heterocycles. The van der Waals surface area contributed by atoms with Crippen molar-refractivity contribution in [1.29, 1.82) is 0 Å². The number of hydrogen-bond acceptors (Lipinski definition) is 6. The van der Waals surface area contributed by atoms with Gasteiger partial charge in [-0.2, -0.15) is 0 Å². The minimum atomic E-state index is -0.887. The highest BCUT2D eigenvalue weighted by molar-refractivity contribution is 5.72. The molecule has 198 valence electrons. The number of likely N-dealkylation sites (N-methyl/N-ethyl adjacent to an activating group) is 1. The van der Waals surface area contributed by atoms with E-state index in [2.05, 4.69) is 19.1 Å². The first-order valence-electron chi connectivity index (χ1n) is 12.7. The van der Waals surface area contributed by atoms with Gasteiger partial charge in [-0.15, -0.1) is 0 Å². The smallest absolute Gasteiger partial charge is 0.362 e. The second kappa shape index (κ2) is 19.4. The van der Waals surface area contributed by atoms with E-state index in [9.17, 15) is 19.5 Å². The normalized spacial score (nSPS) is 13.6. The molecule has 0 heterocycles. The van der Waals surface area contributed by atoms with Gasteiger partial charge in [0.2, 0.25) is 0 Å². The zero-order valence-electron chi connectivity index (χ0n) is 22.1. The molecule has 0 rings (SSSR count). The van der Waals surface area contributed by atoms with E-state index in [-0.39, 0.29) is 30.3 Å². The molecule has 8 heteroatoms. The van der Waals surface area contributed by atoms with Crippen LogP contribution in [-0.2, 0) is 28.6 Å². The summed E-state index contributed by atoms with van der Waals surface area (Å²) < 4.78 is 16.3. The standard InChI is InChI=1S/C26H47NO7/c1-6-7-8-9-10-11-12-13-14-15-16-17-25(29)34-23(21-33-22(2)28)20-32-19-18-24(26(30)31)27(3,4)5/h9-10,23-24H,6-8,11-21H2,1-5H3/p+1/b10-9-. The Bertz CT molecular complexity index is 598. The van der Waals surface area contributed by atoms with Crippen molar-refractivity contribution in [2.75, 3.05) is 41.0 Å². The van der Waals surface area contributed by atoms with E-state index in [1.165, 1.54) is 32.6 Å². The number of nitrogens with zero attached hydrogens (tertiary/aromatic N) is 1. The van der Waals surface area contributed by atoms with Gasteiger partial charge in [0.25, 0.3) is 0 Å². The second-order valence-corrected chi connectivity index (χ2v) is 9.67. The number of allylic oxidation sites excluding steroid dienone is 2. The zero-order chi connectivity index (χ0) is 25.8. The number of carbonyl (C=O) groups is 3. The molecule has 0 fully saturated rings. The minimum Gasteiger partial charge on any atom is -0.477 e. The topological polar surface area (TPSA) is 99.1 Å². The maximum atomic E-state index is 12.2. The van der Waals surface area contributed by atoms with Crippen LogP contribution in [0.4, 0.5) is 0 Å². The van der Waals surface area contributed by atoms with Gasteiger partial charge in [0.15, 0.2) is 12.1 Å². The zero-order valence-corrected chi connectivity index (χ0v) is 22.1. The molecule has 0 saturated carbocycles. The van der Waals surface area contributed by atoms with Crippen molar-refractivity contribution in [2.24, 2.45) is 0 Å². The molecule has 34 heavy (non-hydrogen) atoms. The monoisotopic (exact) mass is 486 g/mol. The van der Waals surface area contributed by atoms with Crippen molar-refractivity contribution < 1.29 is 38.2 Å². The van der Waals surface area contributed by atoms with Crippen LogP contribution in [0, 0.1) is 0 Å². The third-order valence-electron chi connectivity index (χ3n) is 5.47. The first-order valence-corrected chi connectivity index (χ1v) is 12.7. The van der Waals surface area contributed by atoms with Crippen molar-refractivity contribution in [1.82, 2.24) is 0 Å². The average Bonchev–Trinajstić information content (AvgIpc) is 2.74. The number of carboxylic acids is 1. The molecule has 0 aliphatic rings. The summed E-state index contributed by atoms with van der Waals surface area (Å²) >= 11 is 0. The molecule has 0 aromatic heterocycles. The quantitative estimate of drug-likeness (QED) is 0.110. The Labute approximate surface area is 206 Å². The van der Waals surface area contributed by atoms with Gasteiger partial charge >= 0.3 is 17.9 Å². The molecule has 0 amide bonds. The van der Waals surface area contributed by atoms with Crippen LogP contribution in [0.15, 0.2) is 12.2 Å². The van der Waals surface area contributed by atoms with Gasteiger partial charge in [-0.25, -0.2) is 4.79 Å². The Morgan fingerprint density at radius 2 is 1.53 bits per heavy atom. The SMILES string of the molecule is CCCC/C=C\CCCCCCCC(=O)OC(COCCC(C(=O)O)[N+](C)(C)C)COC(C)=O. The summed E-state index contributed by atoms with van der Waals surface area (Å²) in [6.45, 7) is 3.66. The van der Waals surface area contributed by atoms with Crippen LogP contribution in [0.25, 0.3) is 0 Å². The number of carboxylic acid groups (broad SMARTS) is 1. The summed E-state index contributed by atoms with van der Waals surface area (Å²) in [5.74, 6) is -1.69. The molecule has 0 bridgehead atoms. The fourth-order valence-corrected chi connectivity index (χ4v) is 3.44. The highest BCUT2D eigenvalue weighted by atomic mass is 16.6. The number of rotatable bonds is 21. The van der Waals surface area contributed by atoms with Crippen LogP contribution < -0.4 is 0 Å². The Kier molecular flexibility index (Phi) is 18.3. The van der Waals surface area contributed by atoms with Gasteiger partial charge < -0.3 is 23.8 Å². The lowest BCUT2D eigenvalue weighted by Gasteiger charge is -2.31. The highest BCUT2D eigenvalue weighted by Gasteiger charge is 2.31. The second-order valence-electron chi connectivity index (χ2n) is 9.67. The van der Waals surface area contributed by atoms with Crippen LogP contribution in [0.5, 0.6) is 0 Å². The van der Waals surface area contributed by atoms with Gasteiger partial charge in [-0.1, -0.05) is 51.2 Å². The van der Waals surface area contributed by atoms with Crippen molar-refractivity contribution in [2.45, 2.75) is 96.6 Å². The molecular formula is C26H48NO7+. The van der Waals surface area contributed by atoms with E-state index >= 15 is 0 Å². The molecular weight excluding hydrogens is 438 g/mol. The first-order chi connectivity index (χ1) is 16.1. The molecule has 0 saturated heterocycles. The largest absolute Gasteiger partial charge is 0.477 e. The molecule has 0 radical (unpaired) electrons. The summed E-state index contributed by atoms with van der Waals surface area (Å²) in [6.07, 6.45) is 14.4. The Morgan fingerprint density at radius 1 is 0.912 bits per heavy atom. The summed E-state index contributed by atoms with van der Waals surface area (Å²) in [6, 6.07) is -0.605. The number of unbranched alkanes of at least 4 members (excludes halogenated alkanes) is 7. The van der Waals surface area contributed by atoms with E-state index < -0.39 is 24.1 Å². The van der Waals surface area contributed by atoms with Gasteiger partial charge in [-0.3, -0.25) is 9.59 Å². The van der Waals surface area contributed by atoms with Crippen LogP contribution >= 0.6 is 0 Å². The maximum absolute atomic E-state index is 12.2. The lowest BCUT2D eigenvalue weighted by molar-refractivity contribution is -0.887. The lowest BCUT2D eigenvalue weighted by Crippen LogP contribution is -2.50. The number of quaternary nitrogens is 1. The molecule has 2 atom stereocenters. The number of hydrogen-bond donors (Lipinski definition) is 1. The van der Waals surface area contributed by atoms with Crippen molar-refractivity contribution >= 4 is 17.9 Å². The molecule has 8 nitrogen and oxygen atoms in total. The van der Waals surface area contributed by atoms with Crippen LogP contribution in [-0.4, -0.2) is 80.6 Å². The van der Waals surface area contributed by atoms with Crippen LogP contribution in [0.1, 0.15) is 84.5 Å². The third-order valence-corrected chi connectivity index (χ3v) is 5.47. The number of carbonyl (C=O) groups excluding carboxylic acids is 2. The Hall–Kier alpha value is -1.93. The number of esters is 2. The van der Waals surface area contributed by atoms with Gasteiger partial charge in [0, 0.05) is 19.8 Å². The van der Waals surface area contributed by atoms with Gasteiger partial charge in [0.1, 0.15) is 6.61 Å². The van der Waals surface area contributed by atoms with Crippen LogP contribution in [0.2, 0.25) is 0 Å². The third kappa shape index (κ3) is 18.5. The minimum absolute atomic E-state index is 0.0499. The van der Waals surface area contributed by atoms with Gasteiger partial charge in [-0.05, 0) is 25.7 Å². The van der Waals surface area contributed by atoms with E-state index in [0.717, 1.165) is 32.1 Å². The van der Waals surface area contributed by atoms with Crippen molar-refractivity contribution in [3.8, 4) is 0 Å². The summed E-state index contributed by atoms with van der Waals surface area (Å²) in [5, 5.41) is 9.38. The molecule has 0 aliphatic carbocycles. The number of ether oxygens (including phenoxy) is 3. The van der Waals surface area contributed by atoms with E-state index in [1.807, 2.05) is 21.1 Å². The summed E-state index contributed by atoms with van der Waals surface area (Å²) in [5.41, 5.74) is 0. The predicted molar refractivity (Wildman–Crippen MR) is 132 cm³/mol. The molecule has 1 N–H and O–H groups in total. The first kappa shape index (κ1) is 32.1. The van der Waals surface area contributed by atoms with Gasteiger partial charge in [0.05, 0.1) is 34.4 Å². The van der Waals surface area contributed by atoms with E-state index in [0.29, 0.717) is 12.8 Å². The fourth-order valence-electron chi connectivity index (χ4n) is 3.44. The van der Waals surface area contributed by atoms with E-state index in [4.69, 9.17) is 14.2 Å². The average molecular weight is 487 g/mol. The van der Waals surface area contributed by atoms with E-state index in [1.54, 1.807) is 0 Å². The van der Waals surface area contributed by atoms with Crippen molar-refractivity contribution in [3.05, 3.63) is 12.2 Å².